The van der Waals surface area contributed by atoms with E-state index in [9.17, 15) is 28.8 Å². The van der Waals surface area contributed by atoms with E-state index in [1.54, 1.807) is 30.3 Å². The van der Waals surface area contributed by atoms with Crippen LogP contribution >= 0.6 is 55.4 Å². The van der Waals surface area contributed by atoms with Crippen molar-refractivity contribution in [2.45, 2.75) is 129 Å². The first-order chi connectivity index (χ1) is 39.2. The van der Waals surface area contributed by atoms with Crippen LogP contribution in [-0.4, -0.2) is 153 Å². The van der Waals surface area contributed by atoms with E-state index in [4.69, 9.17) is 0 Å². The van der Waals surface area contributed by atoms with Crippen molar-refractivity contribution in [1.29, 1.82) is 0 Å². The number of imide groups is 1. The molecule has 7 amide bonds. The number of halogens is 2. The highest BCUT2D eigenvalue weighted by molar-refractivity contribution is 9.10. The zero-order chi connectivity index (χ0) is 57.8. The van der Waals surface area contributed by atoms with Crippen molar-refractivity contribution in [2.24, 2.45) is 0 Å². The van der Waals surface area contributed by atoms with Crippen molar-refractivity contribution in [1.82, 2.24) is 29.8 Å². The maximum absolute atomic E-state index is 14.4. The van der Waals surface area contributed by atoms with Gasteiger partial charge in [-0.1, -0.05) is 145 Å². The molecule has 5 N–H and O–H groups in total. The minimum absolute atomic E-state index is 0.0705. The minimum Gasteiger partial charge on any atom is -0.356 e. The Morgan fingerprint density at radius 2 is 1.02 bits per heavy atom. The van der Waals surface area contributed by atoms with E-state index in [-0.39, 0.29) is 37.1 Å². The zero-order valence-corrected chi connectivity index (χ0v) is 52.4. The summed E-state index contributed by atoms with van der Waals surface area (Å²) in [6.07, 6.45) is 14.4. The molecule has 20 heteroatoms. The number of urea groups is 1. The topological polar surface area (TPSA) is 179 Å². The van der Waals surface area contributed by atoms with Crippen LogP contribution < -0.4 is 26.6 Å². The van der Waals surface area contributed by atoms with Gasteiger partial charge in [0.15, 0.2) is 0 Å². The number of carbonyl (C=O) groups excluding carboxylic acids is 6. The molecule has 0 spiro atoms. The summed E-state index contributed by atoms with van der Waals surface area (Å²) in [5.41, 5.74) is 2.12. The van der Waals surface area contributed by atoms with Gasteiger partial charge < -0.3 is 46.2 Å². The van der Waals surface area contributed by atoms with Crippen LogP contribution in [0.3, 0.4) is 0 Å². The molecule has 440 valence electrons. The second kappa shape index (κ2) is 36.0. The molecular formula is C61H84Br2N10O6S2. The first-order valence-electron chi connectivity index (χ1n) is 28.9. The Bertz CT molecular complexity index is 2670. The summed E-state index contributed by atoms with van der Waals surface area (Å²) in [7, 11) is 4.21. The number of nitrogens with one attached hydrogen (secondary N) is 5. The maximum Gasteiger partial charge on any atom is 0.329 e. The van der Waals surface area contributed by atoms with Crippen molar-refractivity contribution in [3.63, 3.8) is 0 Å². The molecule has 2 heterocycles. The monoisotopic (exact) mass is 1270 g/mol. The summed E-state index contributed by atoms with van der Waals surface area (Å²) in [5, 5.41) is 14.9. The number of carbonyl (C=O) groups is 6. The van der Waals surface area contributed by atoms with Crippen LogP contribution in [0.5, 0.6) is 0 Å². The number of hydrogen-bond acceptors (Lipinski definition) is 12. The molecule has 0 radical (unpaired) electrons. The van der Waals surface area contributed by atoms with Crippen molar-refractivity contribution < 1.29 is 28.8 Å². The van der Waals surface area contributed by atoms with Gasteiger partial charge in [0.25, 0.3) is 0 Å². The van der Waals surface area contributed by atoms with Crippen LogP contribution in [0.25, 0.3) is 0 Å². The number of amides is 7. The molecule has 6 rings (SSSR count). The van der Waals surface area contributed by atoms with E-state index in [0.717, 1.165) is 100 Å². The number of likely N-dealkylation sites (N-methyl/N-ethyl adjacent to an activating group) is 2. The number of nitrogens with zero attached hydrogens (tertiary/aromatic N) is 5. The number of para-hydroxylation sites is 1. The lowest BCUT2D eigenvalue weighted by Gasteiger charge is -2.32. The maximum atomic E-state index is 14.4. The van der Waals surface area contributed by atoms with Crippen LogP contribution in [-0.2, 0) is 24.0 Å². The first-order valence-corrected chi connectivity index (χ1v) is 32.2. The lowest BCUT2D eigenvalue weighted by molar-refractivity contribution is -0.131. The minimum atomic E-state index is -0.797. The van der Waals surface area contributed by atoms with Gasteiger partial charge in [0.2, 0.25) is 29.5 Å². The Morgan fingerprint density at radius 3 is 1.60 bits per heavy atom. The number of hydrogen-bond donors (Lipinski definition) is 5. The molecule has 81 heavy (non-hydrogen) atoms. The van der Waals surface area contributed by atoms with E-state index in [0.29, 0.717) is 60.0 Å². The predicted octanol–water partition coefficient (Wildman–Crippen LogP) is 12.3. The largest absolute Gasteiger partial charge is 0.356 e. The Labute approximate surface area is 506 Å². The van der Waals surface area contributed by atoms with Gasteiger partial charge in [-0.05, 0) is 93.7 Å². The van der Waals surface area contributed by atoms with Crippen LogP contribution in [0.4, 0.5) is 27.5 Å². The van der Waals surface area contributed by atoms with E-state index in [1.165, 1.54) is 74.9 Å². The summed E-state index contributed by atoms with van der Waals surface area (Å²) in [5.74, 6) is -1.43. The Kier molecular flexibility index (Phi) is 29.1. The third kappa shape index (κ3) is 24.5. The molecule has 0 bridgehead atoms. The highest BCUT2D eigenvalue weighted by atomic mass is 79.9. The van der Waals surface area contributed by atoms with Gasteiger partial charge in [0.1, 0.15) is 6.54 Å². The lowest BCUT2D eigenvalue weighted by Crippen LogP contribution is -2.45. The molecule has 16 nitrogen and oxygen atoms in total. The molecule has 0 atom stereocenters. The van der Waals surface area contributed by atoms with Gasteiger partial charge in [-0.15, -0.1) is 0 Å². The molecule has 4 aromatic rings. The molecule has 2 fully saturated rings. The third-order valence-electron chi connectivity index (χ3n) is 14.4. The van der Waals surface area contributed by atoms with Crippen LogP contribution in [0.1, 0.15) is 110 Å². The van der Waals surface area contributed by atoms with Crippen molar-refractivity contribution in [2.75, 3.05) is 114 Å². The summed E-state index contributed by atoms with van der Waals surface area (Å²) < 4.78 is 1.61. The SMILES string of the molecule is CCCCCCCCCCCCCC(=O)NCCCC(=O)N(CC(=O)Nc1cccc(Sc2ccc(Br)cc2NC(=O)CCN2CCN(C)CC2)c1)C(=O)Nc1ccccc1Sc1ccc(Br)cc1NC(=O)CCN1CCN(C)CC1. The Balaban J connectivity index is 1.08. The zero-order valence-electron chi connectivity index (χ0n) is 47.6. The van der Waals surface area contributed by atoms with Crippen molar-refractivity contribution in [3.05, 3.63) is 93.9 Å². The molecule has 0 saturated carbocycles. The second-order valence-electron chi connectivity index (χ2n) is 21.1. The van der Waals surface area contributed by atoms with Crippen LogP contribution in [0.2, 0.25) is 0 Å². The van der Waals surface area contributed by atoms with Gasteiger partial charge in [-0.2, -0.15) is 0 Å². The summed E-state index contributed by atoms with van der Waals surface area (Å²) in [6.45, 7) is 10.8. The molecule has 0 aromatic heterocycles. The van der Waals surface area contributed by atoms with Gasteiger partial charge in [-0.25, -0.2) is 4.79 Å². The molecule has 2 aliphatic rings. The highest BCUT2D eigenvalue weighted by Gasteiger charge is 2.26. The number of unbranched alkanes of at least 4 members (excludes halogenated alkanes) is 10. The molecule has 0 aliphatic carbocycles. The summed E-state index contributed by atoms with van der Waals surface area (Å²) >= 11 is 9.88. The predicted molar refractivity (Wildman–Crippen MR) is 336 cm³/mol. The van der Waals surface area contributed by atoms with Gasteiger partial charge in [0.05, 0.1) is 17.1 Å². The second-order valence-corrected chi connectivity index (χ2v) is 25.1. The number of rotatable bonds is 32. The number of benzene rings is 4. The molecule has 2 aliphatic heterocycles. The van der Waals surface area contributed by atoms with Crippen molar-refractivity contribution in [3.8, 4) is 0 Å². The highest BCUT2D eigenvalue weighted by Crippen LogP contribution is 2.40. The quantitative estimate of drug-likeness (QED) is 0.0293. The molecule has 0 unspecified atom stereocenters. The van der Waals surface area contributed by atoms with Crippen molar-refractivity contribution >= 4 is 114 Å². The molecular weight excluding hydrogens is 1190 g/mol. The number of piperazine rings is 2. The Morgan fingerprint density at radius 1 is 0.494 bits per heavy atom. The van der Waals surface area contributed by atoms with Gasteiger partial charge in [0, 0.05) is 132 Å². The molecule has 2 saturated heterocycles. The summed E-state index contributed by atoms with van der Waals surface area (Å²) in [6, 6.07) is 24.9. The van der Waals surface area contributed by atoms with Crippen LogP contribution in [0.15, 0.2) is 113 Å². The first kappa shape index (κ1) is 65.4. The van der Waals surface area contributed by atoms with Gasteiger partial charge >= 0.3 is 6.03 Å². The van der Waals surface area contributed by atoms with E-state index < -0.39 is 24.4 Å². The van der Waals surface area contributed by atoms with E-state index in [1.807, 2.05) is 54.6 Å². The molecule has 4 aromatic carbocycles. The van der Waals surface area contributed by atoms with Crippen LogP contribution in [0, 0.1) is 0 Å². The fourth-order valence-electron chi connectivity index (χ4n) is 9.45. The Hall–Kier alpha value is -4.80. The fourth-order valence-corrected chi connectivity index (χ4v) is 12.1. The van der Waals surface area contributed by atoms with E-state index in [2.05, 4.69) is 99.1 Å². The average Bonchev–Trinajstić information content (AvgIpc) is 3.51. The average molecular weight is 1280 g/mol. The lowest BCUT2D eigenvalue weighted by atomic mass is 10.1. The fraction of sp³-hybridized carbons (Fsp3) is 0.508. The van der Waals surface area contributed by atoms with E-state index >= 15 is 0 Å². The van der Waals surface area contributed by atoms with Gasteiger partial charge in [-0.3, -0.25) is 28.9 Å². The normalized spacial score (nSPS) is 14.3. The number of anilines is 4. The smallest absolute Gasteiger partial charge is 0.329 e. The standard InChI is InChI=1S/C61H84Br2N10O6S2/c1-4-5-6-7-8-9-10-11-12-13-14-23-56(74)64-31-18-24-60(78)73(61(79)68-50-21-15-16-22-53(50)81-55-28-26-47(63)43-52(55)67-58(76)30-33-72-40-36-70(3)37-41-72)45-59(77)65-48-19-17-20-49(44-48)80-54-27-25-46(62)42-51(54)66-57(75)29-32-71-38-34-69(2)35-39-71/h15-17,19-22,25-28,42-44H,4-14,18,23-24,29-41,45H2,1-3H3,(H,64,74)(H,65,77)(H,66,75)(H,67,76)(H,68,79). The summed E-state index contributed by atoms with van der Waals surface area (Å²) in [4.78, 5) is 94.8. The third-order valence-corrected chi connectivity index (χ3v) is 17.6.